The zero-order valence-electron chi connectivity index (χ0n) is 12.2. The van der Waals surface area contributed by atoms with E-state index in [1.54, 1.807) is 23.0 Å². The first-order valence-electron chi connectivity index (χ1n) is 7.11. The highest BCUT2D eigenvalue weighted by Gasteiger charge is 2.11. The Balaban J connectivity index is 0.000000188. The fraction of sp³-hybridized carbons (Fsp3) is 0.357. The van der Waals surface area contributed by atoms with Gasteiger partial charge in [0.05, 0.1) is 23.9 Å². The Hall–Kier alpha value is -1.74. The van der Waals surface area contributed by atoms with Gasteiger partial charge in [0, 0.05) is 24.6 Å². The average Bonchev–Trinajstić information content (AvgIpc) is 3.12. The topological polar surface area (TPSA) is 98.6 Å². The number of hydrogen-bond donors (Lipinski definition) is 2. The van der Waals surface area contributed by atoms with Gasteiger partial charge in [0.2, 0.25) is 4.96 Å². The van der Waals surface area contributed by atoms with E-state index in [1.807, 2.05) is 0 Å². The van der Waals surface area contributed by atoms with Crippen molar-refractivity contribution in [2.75, 3.05) is 18.9 Å². The molecular weight excluding hydrogens is 338 g/mol. The molecule has 4 rings (SSSR count). The largest absolute Gasteiger partial charge is 0.391 e. The van der Waals surface area contributed by atoms with Crippen molar-refractivity contribution >= 4 is 33.7 Å². The standard InChI is InChI=1S/C9H6ClN5S.C5H10O2/c10-6-4-13-7(11)3-5(6)8-14-15-2-1-12-9(15)16-8;6-5-2-1-3-7-4-5/h1-4H,(H2,11,13);5-6H,1-4H2. The fourth-order valence-corrected chi connectivity index (χ4v) is 3.23. The molecule has 0 amide bonds. The van der Waals surface area contributed by atoms with Crippen molar-refractivity contribution in [1.82, 2.24) is 19.6 Å². The van der Waals surface area contributed by atoms with Crippen molar-refractivity contribution in [3.05, 3.63) is 29.7 Å². The Bertz CT molecular complexity index is 756. The molecule has 1 fully saturated rings. The second-order valence-corrected chi connectivity index (χ2v) is 6.38. The van der Waals surface area contributed by atoms with Gasteiger partial charge in [0.25, 0.3) is 0 Å². The summed E-state index contributed by atoms with van der Waals surface area (Å²) in [5, 5.41) is 14.4. The molecule has 4 heterocycles. The van der Waals surface area contributed by atoms with Crippen molar-refractivity contribution in [1.29, 1.82) is 0 Å². The molecule has 0 spiro atoms. The molecule has 9 heteroatoms. The molecule has 0 radical (unpaired) electrons. The van der Waals surface area contributed by atoms with Crippen LogP contribution in [0.4, 0.5) is 5.82 Å². The molecule has 1 aliphatic rings. The molecule has 0 aromatic carbocycles. The number of ether oxygens (including phenoxy) is 1. The molecule has 1 saturated heterocycles. The minimum absolute atomic E-state index is 0.186. The number of fused-ring (bicyclic) bond motifs is 1. The normalized spacial score (nSPS) is 17.7. The number of aliphatic hydroxyl groups is 1. The van der Waals surface area contributed by atoms with Crippen molar-refractivity contribution < 1.29 is 9.84 Å². The minimum Gasteiger partial charge on any atom is -0.391 e. The summed E-state index contributed by atoms with van der Waals surface area (Å²) < 4.78 is 6.63. The van der Waals surface area contributed by atoms with Crippen LogP contribution in [-0.4, -0.2) is 44.0 Å². The van der Waals surface area contributed by atoms with E-state index in [-0.39, 0.29) is 6.10 Å². The highest BCUT2D eigenvalue weighted by atomic mass is 35.5. The van der Waals surface area contributed by atoms with Crippen molar-refractivity contribution in [3.8, 4) is 10.6 Å². The second kappa shape index (κ2) is 7.22. The van der Waals surface area contributed by atoms with Gasteiger partial charge in [0.15, 0.2) is 0 Å². The third-order valence-corrected chi connectivity index (χ3v) is 4.49. The van der Waals surface area contributed by atoms with Crippen LogP contribution < -0.4 is 5.73 Å². The van der Waals surface area contributed by atoms with E-state index in [1.165, 1.54) is 17.5 Å². The van der Waals surface area contributed by atoms with E-state index in [0.717, 1.165) is 35.0 Å². The Morgan fingerprint density at radius 3 is 2.96 bits per heavy atom. The second-order valence-electron chi connectivity index (χ2n) is 5.02. The van der Waals surface area contributed by atoms with Gasteiger partial charge in [-0.2, -0.15) is 5.10 Å². The van der Waals surface area contributed by atoms with E-state index in [2.05, 4.69) is 15.1 Å². The zero-order chi connectivity index (χ0) is 16.2. The molecule has 1 unspecified atom stereocenters. The Kier molecular flexibility index (Phi) is 5.06. The fourth-order valence-electron chi connectivity index (χ4n) is 2.09. The Morgan fingerprint density at radius 1 is 1.43 bits per heavy atom. The maximum Gasteiger partial charge on any atom is 0.212 e. The highest BCUT2D eigenvalue weighted by molar-refractivity contribution is 7.19. The number of aliphatic hydroxyl groups excluding tert-OH is 1. The van der Waals surface area contributed by atoms with Crippen molar-refractivity contribution in [2.24, 2.45) is 0 Å². The minimum atomic E-state index is -0.186. The number of nitrogens with zero attached hydrogens (tertiary/aromatic N) is 4. The SMILES string of the molecule is Nc1cc(-c2nn3ccnc3s2)c(Cl)cn1.OC1CCCOC1. The molecule has 7 nitrogen and oxygen atoms in total. The summed E-state index contributed by atoms with van der Waals surface area (Å²) >= 11 is 7.50. The van der Waals surface area contributed by atoms with E-state index in [4.69, 9.17) is 27.2 Å². The van der Waals surface area contributed by atoms with Crippen LogP contribution >= 0.6 is 22.9 Å². The van der Waals surface area contributed by atoms with Crippen LogP contribution in [-0.2, 0) is 4.74 Å². The number of anilines is 1. The molecule has 1 atom stereocenters. The van der Waals surface area contributed by atoms with Crippen LogP contribution in [0.25, 0.3) is 15.5 Å². The number of rotatable bonds is 1. The molecule has 122 valence electrons. The Morgan fingerprint density at radius 2 is 2.30 bits per heavy atom. The third kappa shape index (κ3) is 3.97. The number of aromatic nitrogens is 4. The summed E-state index contributed by atoms with van der Waals surface area (Å²) in [6.07, 6.45) is 6.75. The van der Waals surface area contributed by atoms with Gasteiger partial charge >= 0.3 is 0 Å². The lowest BCUT2D eigenvalue weighted by Gasteiger charge is -2.15. The predicted octanol–water partition coefficient (Wildman–Crippen LogP) is 2.25. The molecule has 3 aromatic heterocycles. The smallest absolute Gasteiger partial charge is 0.212 e. The summed E-state index contributed by atoms with van der Waals surface area (Å²) in [7, 11) is 0. The monoisotopic (exact) mass is 353 g/mol. The molecule has 3 N–H and O–H groups in total. The number of nitrogen functional groups attached to an aromatic ring is 1. The number of hydrogen-bond acceptors (Lipinski definition) is 7. The highest BCUT2D eigenvalue weighted by Crippen LogP contribution is 2.31. The van der Waals surface area contributed by atoms with Crippen molar-refractivity contribution in [3.63, 3.8) is 0 Å². The van der Waals surface area contributed by atoms with Crippen LogP contribution in [0.2, 0.25) is 5.02 Å². The lowest BCUT2D eigenvalue weighted by molar-refractivity contribution is -0.00535. The molecule has 3 aromatic rings. The number of pyridine rings is 1. The third-order valence-electron chi connectivity index (χ3n) is 3.22. The van der Waals surface area contributed by atoms with Crippen LogP contribution in [0.5, 0.6) is 0 Å². The van der Waals surface area contributed by atoms with Gasteiger partial charge in [-0.15, -0.1) is 0 Å². The molecule has 0 saturated carbocycles. The summed E-state index contributed by atoms with van der Waals surface area (Å²) in [5.41, 5.74) is 6.40. The molecule has 1 aliphatic heterocycles. The summed E-state index contributed by atoms with van der Waals surface area (Å²) in [6.45, 7) is 1.37. The van der Waals surface area contributed by atoms with E-state index in [9.17, 15) is 0 Å². The van der Waals surface area contributed by atoms with E-state index < -0.39 is 0 Å². The quantitative estimate of drug-likeness (QED) is 0.696. The predicted molar refractivity (Wildman–Crippen MR) is 89.6 cm³/mol. The van der Waals surface area contributed by atoms with Crippen LogP contribution in [0.3, 0.4) is 0 Å². The van der Waals surface area contributed by atoms with Crippen LogP contribution in [0, 0.1) is 0 Å². The summed E-state index contributed by atoms with van der Waals surface area (Å²) in [4.78, 5) is 8.87. The lowest BCUT2D eigenvalue weighted by Crippen LogP contribution is -2.21. The van der Waals surface area contributed by atoms with E-state index in [0.29, 0.717) is 17.4 Å². The van der Waals surface area contributed by atoms with Gasteiger partial charge < -0.3 is 15.6 Å². The van der Waals surface area contributed by atoms with Gasteiger partial charge in [-0.1, -0.05) is 22.9 Å². The van der Waals surface area contributed by atoms with Gasteiger partial charge in [0.1, 0.15) is 10.8 Å². The number of nitrogens with two attached hydrogens (primary N) is 1. The Labute approximate surface area is 141 Å². The first kappa shape index (κ1) is 16.1. The lowest BCUT2D eigenvalue weighted by atomic mass is 10.2. The van der Waals surface area contributed by atoms with Crippen molar-refractivity contribution in [2.45, 2.75) is 18.9 Å². The number of halogens is 1. The summed E-state index contributed by atoms with van der Waals surface area (Å²) in [5.74, 6) is 0.423. The van der Waals surface area contributed by atoms with Crippen LogP contribution in [0.1, 0.15) is 12.8 Å². The van der Waals surface area contributed by atoms with Gasteiger partial charge in [-0.3, -0.25) is 0 Å². The van der Waals surface area contributed by atoms with E-state index >= 15 is 0 Å². The molecule has 0 aliphatic carbocycles. The molecular formula is C14H16ClN5O2S. The summed E-state index contributed by atoms with van der Waals surface area (Å²) in [6, 6.07) is 1.71. The molecule has 23 heavy (non-hydrogen) atoms. The van der Waals surface area contributed by atoms with Gasteiger partial charge in [-0.25, -0.2) is 14.5 Å². The van der Waals surface area contributed by atoms with Gasteiger partial charge in [-0.05, 0) is 18.9 Å². The van der Waals surface area contributed by atoms with Crippen LogP contribution in [0.15, 0.2) is 24.7 Å². The zero-order valence-corrected chi connectivity index (χ0v) is 13.8. The maximum atomic E-state index is 8.78. The average molecular weight is 354 g/mol. The first-order chi connectivity index (χ1) is 11.1. The molecule has 0 bridgehead atoms. The number of imidazole rings is 1. The maximum absolute atomic E-state index is 8.78. The first-order valence-corrected chi connectivity index (χ1v) is 8.30.